The van der Waals surface area contributed by atoms with Crippen molar-refractivity contribution in [2.24, 2.45) is 5.92 Å². The van der Waals surface area contributed by atoms with Gasteiger partial charge < -0.3 is 29.6 Å². The molecule has 0 fully saturated rings. The van der Waals surface area contributed by atoms with E-state index in [9.17, 15) is 19.6 Å². The van der Waals surface area contributed by atoms with Gasteiger partial charge in [-0.3, -0.25) is 4.98 Å². The monoisotopic (exact) mass is 338 g/mol. The molecule has 0 aliphatic carbocycles. The van der Waals surface area contributed by atoms with Crippen LogP contribution in [-0.2, 0) is 14.3 Å². The Bertz CT molecular complexity index is 561. The van der Waals surface area contributed by atoms with Crippen molar-refractivity contribution < 1.29 is 29.1 Å². The zero-order valence-corrected chi connectivity index (χ0v) is 14.2. The first kappa shape index (κ1) is 20.1. The summed E-state index contributed by atoms with van der Waals surface area (Å²) in [6.07, 6.45) is 2.67. The first-order chi connectivity index (χ1) is 11.2. The van der Waals surface area contributed by atoms with E-state index in [4.69, 9.17) is 9.47 Å². The quantitative estimate of drug-likeness (QED) is 0.465. The number of pyridine rings is 1. The summed E-state index contributed by atoms with van der Waals surface area (Å²) in [4.78, 5) is 27.4. The minimum atomic E-state index is -1.71. The Balaban J connectivity index is 3.11. The van der Waals surface area contributed by atoms with Crippen LogP contribution in [0.25, 0.3) is 0 Å². The van der Waals surface area contributed by atoms with Crippen LogP contribution in [0.1, 0.15) is 32.4 Å². The van der Waals surface area contributed by atoms with Gasteiger partial charge in [0.2, 0.25) is 0 Å². The second kappa shape index (κ2) is 8.77. The van der Waals surface area contributed by atoms with Gasteiger partial charge in [-0.25, -0.2) is 4.79 Å². The molecule has 3 N–H and O–H groups in total. The lowest BCUT2D eigenvalue weighted by Gasteiger charge is -2.27. The number of methoxy groups -OCH3 is 1. The van der Waals surface area contributed by atoms with Gasteiger partial charge in [0.1, 0.15) is 11.9 Å². The van der Waals surface area contributed by atoms with E-state index >= 15 is 0 Å². The zero-order valence-electron chi connectivity index (χ0n) is 14.2. The van der Waals surface area contributed by atoms with Crippen molar-refractivity contribution in [1.29, 1.82) is 0 Å². The molecule has 0 radical (unpaired) electrons. The Morgan fingerprint density at radius 2 is 2.08 bits per heavy atom. The van der Waals surface area contributed by atoms with E-state index in [-0.39, 0.29) is 12.1 Å². The van der Waals surface area contributed by atoms with Crippen LogP contribution < -0.4 is 10.8 Å². The maximum Gasteiger partial charge on any atom is 0.490 e. The second-order valence-corrected chi connectivity index (χ2v) is 6.30. The SMILES string of the molecule is COCC(C=O)[C@H](NC(=O)OC(C)(C)C)c1cncc(B(O)O)c1. The molecule has 2 atom stereocenters. The van der Waals surface area contributed by atoms with Crippen LogP contribution >= 0.6 is 0 Å². The van der Waals surface area contributed by atoms with Crippen molar-refractivity contribution in [3.8, 4) is 0 Å². The van der Waals surface area contributed by atoms with E-state index in [1.807, 2.05) is 0 Å². The standard InChI is InChI=1S/C15H23BN2O6/c1-15(2,3)24-14(20)18-13(11(8-19)9-23-4)10-5-12(16(21)22)7-17-6-10/h5-8,11,13,21-22H,9H2,1-4H3,(H,18,20)/t11?,13-/m1/s1. The number of aromatic nitrogens is 1. The van der Waals surface area contributed by atoms with Crippen molar-refractivity contribution in [2.45, 2.75) is 32.4 Å². The Morgan fingerprint density at radius 3 is 2.58 bits per heavy atom. The van der Waals surface area contributed by atoms with Crippen molar-refractivity contribution in [3.63, 3.8) is 0 Å². The molecule has 1 aromatic rings. The van der Waals surface area contributed by atoms with E-state index < -0.39 is 30.8 Å². The average molecular weight is 338 g/mol. The number of nitrogens with one attached hydrogen (secondary N) is 1. The number of ether oxygens (including phenoxy) is 2. The van der Waals surface area contributed by atoms with Crippen LogP contribution in [0.5, 0.6) is 0 Å². The fraction of sp³-hybridized carbons (Fsp3) is 0.533. The molecule has 0 saturated carbocycles. The third kappa shape index (κ3) is 6.27. The number of carbonyl (C=O) groups is 2. The fourth-order valence-corrected chi connectivity index (χ4v) is 2.07. The van der Waals surface area contributed by atoms with E-state index in [1.165, 1.54) is 25.6 Å². The number of aldehydes is 1. The second-order valence-electron chi connectivity index (χ2n) is 6.30. The van der Waals surface area contributed by atoms with Crippen LogP contribution in [0, 0.1) is 5.92 Å². The molecular weight excluding hydrogens is 315 g/mol. The molecule has 24 heavy (non-hydrogen) atoms. The van der Waals surface area contributed by atoms with Crippen LogP contribution in [0.3, 0.4) is 0 Å². The van der Waals surface area contributed by atoms with E-state index in [2.05, 4.69) is 10.3 Å². The maximum absolute atomic E-state index is 12.1. The summed E-state index contributed by atoms with van der Waals surface area (Å²) >= 11 is 0. The molecule has 1 rings (SSSR count). The topological polar surface area (TPSA) is 118 Å². The summed E-state index contributed by atoms with van der Waals surface area (Å²) in [5.74, 6) is -0.699. The lowest BCUT2D eigenvalue weighted by Crippen LogP contribution is -2.40. The van der Waals surface area contributed by atoms with Crippen LogP contribution in [0.4, 0.5) is 4.79 Å². The van der Waals surface area contributed by atoms with Gasteiger partial charge in [0.15, 0.2) is 0 Å². The molecule has 0 aliphatic rings. The highest BCUT2D eigenvalue weighted by Gasteiger charge is 2.28. The number of hydrogen-bond donors (Lipinski definition) is 3. The van der Waals surface area contributed by atoms with Gasteiger partial charge in [-0.05, 0) is 26.3 Å². The van der Waals surface area contributed by atoms with Gasteiger partial charge >= 0.3 is 13.2 Å². The lowest BCUT2D eigenvalue weighted by atomic mass is 9.80. The molecule has 0 saturated heterocycles. The summed E-state index contributed by atoms with van der Waals surface area (Å²) in [5.41, 5.74) is -0.125. The number of carbonyl (C=O) groups excluding carboxylic acids is 2. The van der Waals surface area contributed by atoms with Gasteiger partial charge in [0, 0.05) is 25.0 Å². The highest BCUT2D eigenvalue weighted by Crippen LogP contribution is 2.21. The normalized spacial score (nSPS) is 13.8. The van der Waals surface area contributed by atoms with Gasteiger partial charge in [-0.15, -0.1) is 0 Å². The maximum atomic E-state index is 12.1. The summed E-state index contributed by atoms with van der Waals surface area (Å²) in [7, 11) is -0.274. The first-order valence-electron chi connectivity index (χ1n) is 7.42. The van der Waals surface area contributed by atoms with Crippen molar-refractivity contribution >= 4 is 25.0 Å². The summed E-state index contributed by atoms with van der Waals surface area (Å²) < 4.78 is 10.2. The fourth-order valence-electron chi connectivity index (χ4n) is 2.07. The van der Waals surface area contributed by atoms with Crippen molar-refractivity contribution in [2.75, 3.05) is 13.7 Å². The van der Waals surface area contributed by atoms with Gasteiger partial charge in [0.05, 0.1) is 18.6 Å². The third-order valence-electron chi connectivity index (χ3n) is 3.07. The molecule has 9 heteroatoms. The van der Waals surface area contributed by atoms with Gasteiger partial charge in [0.25, 0.3) is 0 Å². The van der Waals surface area contributed by atoms with Crippen molar-refractivity contribution in [3.05, 3.63) is 24.0 Å². The van der Waals surface area contributed by atoms with Gasteiger partial charge in [-0.1, -0.05) is 6.07 Å². The number of amides is 1. The smallest absolute Gasteiger partial charge is 0.444 e. The van der Waals surface area contributed by atoms with E-state index in [0.717, 1.165) is 0 Å². The molecule has 1 unspecified atom stereocenters. The number of rotatable bonds is 7. The van der Waals surface area contributed by atoms with Crippen LogP contribution in [-0.4, -0.2) is 53.8 Å². The molecule has 8 nitrogen and oxygen atoms in total. The highest BCUT2D eigenvalue weighted by molar-refractivity contribution is 6.58. The predicted molar refractivity (Wildman–Crippen MR) is 87.6 cm³/mol. The third-order valence-corrected chi connectivity index (χ3v) is 3.07. The predicted octanol–water partition coefficient (Wildman–Crippen LogP) is -0.211. The number of nitrogens with zero attached hydrogens (tertiary/aromatic N) is 1. The molecule has 0 aliphatic heterocycles. The molecule has 1 heterocycles. The Kier molecular flexibility index (Phi) is 7.33. The summed E-state index contributed by atoms with van der Waals surface area (Å²) in [6.45, 7) is 5.23. The number of alkyl carbamates (subject to hydrolysis) is 1. The summed E-state index contributed by atoms with van der Waals surface area (Å²) in [6, 6.07) is 0.662. The summed E-state index contributed by atoms with van der Waals surface area (Å²) in [5, 5.41) is 21.2. The van der Waals surface area contributed by atoms with E-state index in [0.29, 0.717) is 11.8 Å². The largest absolute Gasteiger partial charge is 0.490 e. The van der Waals surface area contributed by atoms with E-state index in [1.54, 1.807) is 20.8 Å². The van der Waals surface area contributed by atoms with Crippen LogP contribution in [0.15, 0.2) is 18.5 Å². The minimum Gasteiger partial charge on any atom is -0.444 e. The molecule has 1 amide bonds. The average Bonchev–Trinajstić information content (AvgIpc) is 2.49. The first-order valence-corrected chi connectivity index (χ1v) is 7.42. The molecule has 0 aromatic carbocycles. The zero-order chi connectivity index (χ0) is 18.3. The van der Waals surface area contributed by atoms with Gasteiger partial charge in [-0.2, -0.15) is 0 Å². The molecule has 0 spiro atoms. The Morgan fingerprint density at radius 1 is 1.42 bits per heavy atom. The molecule has 0 bridgehead atoms. The number of hydrogen-bond acceptors (Lipinski definition) is 7. The Hall–Kier alpha value is -1.97. The molecule has 132 valence electrons. The minimum absolute atomic E-state index is 0.0653. The molecular formula is C15H23BN2O6. The van der Waals surface area contributed by atoms with Crippen LogP contribution in [0.2, 0.25) is 0 Å². The van der Waals surface area contributed by atoms with Crippen molar-refractivity contribution in [1.82, 2.24) is 10.3 Å². The highest BCUT2D eigenvalue weighted by atomic mass is 16.6. The lowest BCUT2D eigenvalue weighted by molar-refractivity contribution is -0.113. The molecule has 1 aromatic heterocycles. The Labute approximate surface area is 141 Å².